The zero-order valence-corrected chi connectivity index (χ0v) is 13.6. The minimum Gasteiger partial charge on any atom is -0.397 e. The van der Waals surface area contributed by atoms with E-state index in [4.69, 9.17) is 5.73 Å². The van der Waals surface area contributed by atoms with E-state index in [9.17, 15) is 0 Å². The number of nitrogens with zero attached hydrogens (tertiary/aromatic N) is 2. The van der Waals surface area contributed by atoms with Crippen LogP contribution in [-0.2, 0) is 6.54 Å². The molecule has 3 N–H and O–H groups in total. The average molecular weight is 294 g/mol. The van der Waals surface area contributed by atoms with Crippen LogP contribution in [0.4, 0.5) is 11.4 Å². The van der Waals surface area contributed by atoms with Gasteiger partial charge < -0.3 is 15.5 Å². The van der Waals surface area contributed by atoms with E-state index in [1.165, 1.54) is 16.7 Å². The van der Waals surface area contributed by atoms with Gasteiger partial charge in [0.1, 0.15) is 0 Å². The average Bonchev–Trinajstić information content (AvgIpc) is 2.74. The maximum absolute atomic E-state index is 6.04. The summed E-state index contributed by atoms with van der Waals surface area (Å²) >= 11 is 0. The molecule has 2 heterocycles. The molecule has 0 aliphatic heterocycles. The van der Waals surface area contributed by atoms with Gasteiger partial charge in [0.15, 0.2) is 5.65 Å². The summed E-state index contributed by atoms with van der Waals surface area (Å²) in [6.07, 6.45) is 1.93. The number of rotatable bonds is 3. The van der Waals surface area contributed by atoms with Crippen molar-refractivity contribution < 1.29 is 0 Å². The molecule has 0 aliphatic rings. The van der Waals surface area contributed by atoms with Crippen LogP contribution in [-0.4, -0.2) is 9.38 Å². The lowest BCUT2D eigenvalue weighted by Gasteiger charge is -2.13. The minimum atomic E-state index is 0.733. The molecule has 114 valence electrons. The zero-order chi connectivity index (χ0) is 15.9. The largest absolute Gasteiger partial charge is 0.397 e. The second kappa shape index (κ2) is 5.37. The van der Waals surface area contributed by atoms with Crippen molar-refractivity contribution in [3.63, 3.8) is 0 Å². The van der Waals surface area contributed by atoms with Crippen LogP contribution in [0, 0.1) is 27.7 Å². The van der Waals surface area contributed by atoms with Gasteiger partial charge >= 0.3 is 0 Å². The first-order valence-corrected chi connectivity index (χ1v) is 7.51. The molecule has 1 aromatic carbocycles. The molecule has 0 radical (unpaired) electrons. The van der Waals surface area contributed by atoms with Crippen molar-refractivity contribution in [2.24, 2.45) is 0 Å². The summed E-state index contributed by atoms with van der Waals surface area (Å²) in [7, 11) is 0. The zero-order valence-electron chi connectivity index (χ0n) is 13.6. The van der Waals surface area contributed by atoms with E-state index in [2.05, 4.69) is 53.7 Å². The van der Waals surface area contributed by atoms with Crippen molar-refractivity contribution in [3.05, 3.63) is 58.5 Å². The van der Waals surface area contributed by atoms with Crippen molar-refractivity contribution in [2.45, 2.75) is 34.2 Å². The first-order valence-electron chi connectivity index (χ1n) is 7.51. The number of nitrogens with one attached hydrogen (secondary N) is 1. The van der Waals surface area contributed by atoms with E-state index in [1.54, 1.807) is 0 Å². The molecule has 0 fully saturated rings. The van der Waals surface area contributed by atoms with Gasteiger partial charge in [0, 0.05) is 18.4 Å². The summed E-state index contributed by atoms with van der Waals surface area (Å²) in [4.78, 5) is 4.66. The van der Waals surface area contributed by atoms with Gasteiger partial charge in [0.05, 0.1) is 17.1 Å². The van der Waals surface area contributed by atoms with E-state index in [0.29, 0.717) is 0 Å². The van der Waals surface area contributed by atoms with Crippen LogP contribution >= 0.6 is 0 Å². The number of nitrogen functional groups attached to an aromatic ring is 1. The van der Waals surface area contributed by atoms with E-state index in [-0.39, 0.29) is 0 Å². The summed E-state index contributed by atoms with van der Waals surface area (Å²) in [5.41, 5.74) is 14.7. The molecule has 0 amide bonds. The van der Waals surface area contributed by atoms with Gasteiger partial charge in [-0.1, -0.05) is 18.2 Å². The van der Waals surface area contributed by atoms with E-state index in [1.807, 2.05) is 19.2 Å². The molecule has 3 rings (SSSR count). The Bertz CT molecular complexity index is 826. The van der Waals surface area contributed by atoms with Crippen LogP contribution in [0.5, 0.6) is 0 Å². The lowest BCUT2D eigenvalue weighted by Crippen LogP contribution is -2.06. The Morgan fingerprint density at radius 1 is 1.14 bits per heavy atom. The van der Waals surface area contributed by atoms with Crippen molar-refractivity contribution in [2.75, 3.05) is 11.1 Å². The topological polar surface area (TPSA) is 55.3 Å². The second-order valence-electron chi connectivity index (χ2n) is 5.89. The number of anilines is 2. The SMILES string of the molecule is Cc1cccc(C)c1CNc1cc(N)cn2c(C)c(C)nc12. The van der Waals surface area contributed by atoms with Crippen LogP contribution in [0.15, 0.2) is 30.5 Å². The standard InChI is InChI=1S/C18H22N4/c1-11-6-5-7-12(2)16(11)9-20-17-8-15(19)10-22-14(4)13(3)21-18(17)22/h5-8,10,20H,9,19H2,1-4H3. The van der Waals surface area contributed by atoms with Crippen molar-refractivity contribution in [3.8, 4) is 0 Å². The van der Waals surface area contributed by atoms with Crippen LogP contribution in [0.2, 0.25) is 0 Å². The van der Waals surface area contributed by atoms with Gasteiger partial charge in [-0.2, -0.15) is 0 Å². The van der Waals surface area contributed by atoms with Crippen molar-refractivity contribution >= 4 is 17.0 Å². The number of nitrogens with two attached hydrogens (primary N) is 1. The fraction of sp³-hybridized carbons (Fsp3) is 0.278. The molecule has 4 heteroatoms. The highest BCUT2D eigenvalue weighted by Crippen LogP contribution is 2.24. The number of hydrogen-bond acceptors (Lipinski definition) is 3. The Morgan fingerprint density at radius 2 is 1.82 bits per heavy atom. The number of aromatic nitrogens is 2. The smallest absolute Gasteiger partial charge is 0.160 e. The molecule has 0 spiro atoms. The summed E-state index contributed by atoms with van der Waals surface area (Å²) in [5, 5.41) is 3.50. The Labute approximate surface area is 131 Å². The molecular formula is C18H22N4. The predicted molar refractivity (Wildman–Crippen MR) is 92.3 cm³/mol. The lowest BCUT2D eigenvalue weighted by molar-refractivity contribution is 1.07. The van der Waals surface area contributed by atoms with Crippen molar-refractivity contribution in [1.82, 2.24) is 9.38 Å². The second-order valence-corrected chi connectivity index (χ2v) is 5.89. The quantitative estimate of drug-likeness (QED) is 0.773. The van der Waals surface area contributed by atoms with Gasteiger partial charge in [0.2, 0.25) is 0 Å². The molecule has 3 aromatic rings. The third-order valence-corrected chi connectivity index (χ3v) is 4.32. The van der Waals surface area contributed by atoms with Crippen LogP contribution in [0.3, 0.4) is 0 Å². The van der Waals surface area contributed by atoms with E-state index in [0.717, 1.165) is 35.0 Å². The normalized spacial score (nSPS) is 11.1. The predicted octanol–water partition coefficient (Wildman–Crippen LogP) is 3.76. The third-order valence-electron chi connectivity index (χ3n) is 4.32. The molecule has 0 atom stereocenters. The number of aryl methyl sites for hydroxylation is 4. The van der Waals surface area contributed by atoms with Crippen LogP contribution in [0.25, 0.3) is 5.65 Å². The summed E-state index contributed by atoms with van der Waals surface area (Å²) < 4.78 is 2.05. The summed E-state index contributed by atoms with van der Waals surface area (Å²) in [6.45, 7) is 9.13. The number of hydrogen-bond donors (Lipinski definition) is 2. The number of imidazole rings is 1. The third kappa shape index (κ3) is 2.41. The molecule has 0 saturated heterocycles. The Kier molecular flexibility index (Phi) is 3.53. The lowest BCUT2D eigenvalue weighted by atomic mass is 10.0. The highest BCUT2D eigenvalue weighted by molar-refractivity contribution is 5.72. The van der Waals surface area contributed by atoms with Crippen molar-refractivity contribution in [1.29, 1.82) is 0 Å². The maximum Gasteiger partial charge on any atom is 0.160 e. The molecule has 0 saturated carbocycles. The fourth-order valence-corrected chi connectivity index (χ4v) is 2.83. The summed E-state index contributed by atoms with van der Waals surface area (Å²) in [5.74, 6) is 0. The van der Waals surface area contributed by atoms with Gasteiger partial charge in [-0.25, -0.2) is 4.98 Å². The molecule has 22 heavy (non-hydrogen) atoms. The fourth-order valence-electron chi connectivity index (χ4n) is 2.83. The highest BCUT2D eigenvalue weighted by Gasteiger charge is 2.10. The van der Waals surface area contributed by atoms with Crippen LogP contribution < -0.4 is 11.1 Å². The molecule has 0 bridgehead atoms. The van der Waals surface area contributed by atoms with Gasteiger partial charge in [-0.15, -0.1) is 0 Å². The Morgan fingerprint density at radius 3 is 2.50 bits per heavy atom. The minimum absolute atomic E-state index is 0.733. The Hall–Kier alpha value is -2.49. The van der Waals surface area contributed by atoms with Gasteiger partial charge in [-0.3, -0.25) is 0 Å². The van der Waals surface area contributed by atoms with E-state index >= 15 is 0 Å². The summed E-state index contributed by atoms with van der Waals surface area (Å²) in [6, 6.07) is 8.33. The van der Waals surface area contributed by atoms with Gasteiger partial charge in [-0.05, 0) is 50.5 Å². The number of fused-ring (bicyclic) bond motifs is 1. The molecule has 4 nitrogen and oxygen atoms in total. The molecule has 2 aromatic heterocycles. The monoisotopic (exact) mass is 294 g/mol. The van der Waals surface area contributed by atoms with E-state index < -0.39 is 0 Å². The molecule has 0 unspecified atom stereocenters. The number of pyridine rings is 1. The van der Waals surface area contributed by atoms with Crippen LogP contribution in [0.1, 0.15) is 28.1 Å². The first kappa shape index (κ1) is 14.4. The maximum atomic E-state index is 6.04. The Balaban J connectivity index is 1.99. The van der Waals surface area contributed by atoms with Gasteiger partial charge in [0.25, 0.3) is 0 Å². The molecule has 0 aliphatic carbocycles. The first-order chi connectivity index (χ1) is 10.5. The number of benzene rings is 1. The highest BCUT2D eigenvalue weighted by atomic mass is 15.1. The molecular weight excluding hydrogens is 272 g/mol.